The maximum Gasteiger partial charge on any atom is 0.261 e. The summed E-state index contributed by atoms with van der Waals surface area (Å²) in [6.07, 6.45) is 1.33. The van der Waals surface area contributed by atoms with Crippen LogP contribution in [0.15, 0.2) is 36.2 Å². The molecule has 2 rings (SSSR count). The first-order valence-electron chi connectivity index (χ1n) is 5.55. The molecule has 0 bridgehead atoms. The summed E-state index contributed by atoms with van der Waals surface area (Å²) in [5.74, 6) is -1.56. The molecule has 1 N–H and O–H groups in total. The van der Waals surface area contributed by atoms with Gasteiger partial charge in [0.05, 0.1) is 17.7 Å². The van der Waals surface area contributed by atoms with Gasteiger partial charge in [-0.3, -0.25) is 14.5 Å². The predicted molar refractivity (Wildman–Crippen MR) is 62.7 cm³/mol. The Labute approximate surface area is 103 Å². The fraction of sp³-hybridized carbons (Fsp3) is 0.231. The molecule has 0 radical (unpaired) electrons. The monoisotopic (exact) mass is 249 g/mol. The fourth-order valence-corrected chi connectivity index (χ4v) is 1.82. The first kappa shape index (κ1) is 12.4. The molecule has 0 fully saturated rings. The third kappa shape index (κ3) is 2.17. The van der Waals surface area contributed by atoms with Crippen LogP contribution in [0.4, 0.5) is 4.39 Å². The Hall–Kier alpha value is -2.01. The molecule has 0 saturated carbocycles. The van der Waals surface area contributed by atoms with Gasteiger partial charge in [-0.25, -0.2) is 4.39 Å². The molecule has 1 aliphatic heterocycles. The Morgan fingerprint density at radius 3 is 2.28 bits per heavy atom. The molecule has 1 aromatic carbocycles. The van der Waals surface area contributed by atoms with Gasteiger partial charge in [0.15, 0.2) is 0 Å². The van der Waals surface area contributed by atoms with E-state index in [0.29, 0.717) is 11.1 Å². The lowest BCUT2D eigenvalue weighted by Crippen LogP contribution is -2.31. The van der Waals surface area contributed by atoms with E-state index >= 15 is 0 Å². The van der Waals surface area contributed by atoms with Crippen molar-refractivity contribution < 1.29 is 19.1 Å². The zero-order chi connectivity index (χ0) is 13.1. The predicted octanol–water partition coefficient (Wildman–Crippen LogP) is 1.52. The second-order valence-corrected chi connectivity index (χ2v) is 3.91. The van der Waals surface area contributed by atoms with Crippen LogP contribution >= 0.6 is 0 Å². The average molecular weight is 249 g/mol. The summed E-state index contributed by atoms with van der Waals surface area (Å²) in [7, 11) is 0. The second kappa shape index (κ2) is 5.10. The minimum atomic E-state index is -0.599. The molecule has 1 aliphatic rings. The van der Waals surface area contributed by atoms with Crippen LogP contribution in [0.25, 0.3) is 0 Å². The van der Waals surface area contributed by atoms with Gasteiger partial charge in [-0.15, -0.1) is 0 Å². The molecular formula is C13H12FNO3. The highest BCUT2D eigenvalue weighted by Crippen LogP contribution is 2.23. The molecule has 0 unspecified atom stereocenters. The first-order valence-corrected chi connectivity index (χ1v) is 5.55. The summed E-state index contributed by atoms with van der Waals surface area (Å²) in [6, 6.07) is 6.41. The van der Waals surface area contributed by atoms with Gasteiger partial charge < -0.3 is 5.11 Å². The van der Waals surface area contributed by atoms with E-state index in [2.05, 4.69) is 0 Å². The van der Waals surface area contributed by atoms with Crippen LogP contribution in [-0.2, 0) is 0 Å². The molecule has 2 amide bonds. The van der Waals surface area contributed by atoms with Crippen LogP contribution < -0.4 is 0 Å². The van der Waals surface area contributed by atoms with Gasteiger partial charge in [0.1, 0.15) is 5.83 Å². The smallest absolute Gasteiger partial charge is 0.261 e. The van der Waals surface area contributed by atoms with Crippen molar-refractivity contribution in [1.29, 1.82) is 0 Å². The molecule has 1 aromatic rings. The minimum absolute atomic E-state index is 0.162. The van der Waals surface area contributed by atoms with Gasteiger partial charge >= 0.3 is 0 Å². The lowest BCUT2D eigenvalue weighted by molar-refractivity contribution is 0.0660. The molecule has 0 atom stereocenters. The summed E-state index contributed by atoms with van der Waals surface area (Å²) in [4.78, 5) is 24.6. The number of hydrogen-bond donors (Lipinski definition) is 1. The van der Waals surface area contributed by atoms with Crippen LogP contribution in [0.1, 0.15) is 27.1 Å². The highest BCUT2D eigenvalue weighted by molar-refractivity contribution is 6.21. The van der Waals surface area contributed by atoms with Crippen LogP contribution in [0, 0.1) is 0 Å². The topological polar surface area (TPSA) is 57.6 Å². The van der Waals surface area contributed by atoms with E-state index in [9.17, 15) is 14.0 Å². The number of aliphatic hydroxyl groups excluding tert-OH is 1. The molecule has 94 valence electrons. The van der Waals surface area contributed by atoms with E-state index in [0.717, 1.165) is 4.90 Å². The number of hydrogen-bond acceptors (Lipinski definition) is 3. The Kier molecular flexibility index (Phi) is 3.53. The zero-order valence-corrected chi connectivity index (χ0v) is 9.60. The Balaban J connectivity index is 2.19. The highest BCUT2D eigenvalue weighted by atomic mass is 19.1. The summed E-state index contributed by atoms with van der Waals surface area (Å²) in [5, 5.41) is 8.56. The van der Waals surface area contributed by atoms with Crippen molar-refractivity contribution in [3.8, 4) is 0 Å². The number of fused-ring (bicyclic) bond motifs is 1. The summed E-state index contributed by atoms with van der Waals surface area (Å²) < 4.78 is 13.4. The van der Waals surface area contributed by atoms with Gasteiger partial charge in [0.25, 0.3) is 11.8 Å². The van der Waals surface area contributed by atoms with Gasteiger partial charge in [-0.2, -0.15) is 0 Å². The van der Waals surface area contributed by atoms with E-state index < -0.39 is 17.6 Å². The molecule has 4 nitrogen and oxygen atoms in total. The Morgan fingerprint density at radius 1 is 1.22 bits per heavy atom. The van der Waals surface area contributed by atoms with Crippen molar-refractivity contribution in [3.05, 3.63) is 47.3 Å². The number of imide groups is 1. The number of carbonyl (C=O) groups excluding carboxylic acids is 2. The van der Waals surface area contributed by atoms with Crippen molar-refractivity contribution in [1.82, 2.24) is 4.90 Å². The normalized spacial score (nSPS) is 15.2. The quantitative estimate of drug-likeness (QED) is 0.823. The fourth-order valence-electron chi connectivity index (χ4n) is 1.82. The third-order valence-electron chi connectivity index (χ3n) is 2.68. The summed E-state index contributed by atoms with van der Waals surface area (Å²) >= 11 is 0. The van der Waals surface area contributed by atoms with Gasteiger partial charge in [0, 0.05) is 6.61 Å². The maximum atomic E-state index is 13.4. The molecular weight excluding hydrogens is 237 g/mol. The number of nitrogens with zero attached hydrogens (tertiary/aromatic N) is 1. The number of amides is 2. The van der Waals surface area contributed by atoms with E-state index in [1.165, 1.54) is 6.08 Å². The third-order valence-corrected chi connectivity index (χ3v) is 2.68. The van der Waals surface area contributed by atoms with Crippen molar-refractivity contribution in [2.24, 2.45) is 0 Å². The average Bonchev–Trinajstić information content (AvgIpc) is 2.62. The number of carbonyl (C=O) groups is 2. The van der Waals surface area contributed by atoms with Crippen LogP contribution in [0.2, 0.25) is 0 Å². The standard InChI is InChI=1S/C13H12FNO3/c14-9(4-3-7-16)8-15-12(17)10-5-1-2-6-11(10)13(15)18/h1-2,4-6,16H,3,7-8H2/b9-4+. The number of benzene rings is 1. The van der Waals surface area contributed by atoms with Crippen molar-refractivity contribution >= 4 is 11.8 Å². The van der Waals surface area contributed by atoms with Gasteiger partial charge in [0.2, 0.25) is 0 Å². The van der Waals surface area contributed by atoms with E-state index in [1.54, 1.807) is 24.3 Å². The lowest BCUT2D eigenvalue weighted by atomic mass is 10.1. The van der Waals surface area contributed by atoms with Crippen LogP contribution in [0.3, 0.4) is 0 Å². The lowest BCUT2D eigenvalue weighted by Gasteiger charge is -2.11. The van der Waals surface area contributed by atoms with Gasteiger partial charge in [-0.1, -0.05) is 12.1 Å². The zero-order valence-electron chi connectivity index (χ0n) is 9.60. The van der Waals surface area contributed by atoms with Gasteiger partial charge in [-0.05, 0) is 24.6 Å². The van der Waals surface area contributed by atoms with Crippen molar-refractivity contribution in [2.75, 3.05) is 13.2 Å². The molecule has 1 heterocycles. The van der Waals surface area contributed by atoms with Crippen LogP contribution in [0.5, 0.6) is 0 Å². The molecule has 0 saturated heterocycles. The Morgan fingerprint density at radius 2 is 1.78 bits per heavy atom. The van der Waals surface area contributed by atoms with Crippen LogP contribution in [-0.4, -0.2) is 35.0 Å². The maximum absolute atomic E-state index is 13.4. The largest absolute Gasteiger partial charge is 0.396 e. The molecule has 18 heavy (non-hydrogen) atoms. The minimum Gasteiger partial charge on any atom is -0.396 e. The first-order chi connectivity index (χ1) is 8.65. The van der Waals surface area contributed by atoms with E-state index in [-0.39, 0.29) is 19.6 Å². The Bertz CT molecular complexity index is 490. The summed E-state index contributed by atoms with van der Waals surface area (Å²) in [5.41, 5.74) is 0.606. The summed E-state index contributed by atoms with van der Waals surface area (Å²) in [6.45, 7) is -0.554. The SMILES string of the molecule is O=C1c2ccccc2C(=O)N1C/C(F)=C\CCO. The second-order valence-electron chi connectivity index (χ2n) is 3.91. The molecule has 5 heteroatoms. The van der Waals surface area contributed by atoms with E-state index in [4.69, 9.17) is 5.11 Å². The van der Waals surface area contributed by atoms with Crippen molar-refractivity contribution in [2.45, 2.75) is 6.42 Å². The number of rotatable bonds is 4. The molecule has 0 aromatic heterocycles. The van der Waals surface area contributed by atoms with E-state index in [1.807, 2.05) is 0 Å². The molecule has 0 aliphatic carbocycles. The highest BCUT2D eigenvalue weighted by Gasteiger charge is 2.35. The van der Waals surface area contributed by atoms with Crippen molar-refractivity contribution in [3.63, 3.8) is 0 Å². The number of aliphatic hydroxyl groups is 1. The number of halogens is 1. The molecule has 0 spiro atoms.